The van der Waals surface area contributed by atoms with Crippen LogP contribution in [0.4, 0.5) is 13.2 Å². The van der Waals surface area contributed by atoms with Crippen LogP contribution in [0.15, 0.2) is 0 Å². The second-order valence-corrected chi connectivity index (χ2v) is 6.35. The zero-order valence-electron chi connectivity index (χ0n) is 10.2. The van der Waals surface area contributed by atoms with Gasteiger partial charge in [0.1, 0.15) is 16.4 Å². The van der Waals surface area contributed by atoms with Crippen molar-refractivity contribution < 1.29 is 26.3 Å². The Hall–Kier alpha value is -0.380. The fourth-order valence-corrected chi connectivity index (χ4v) is 2.01. The van der Waals surface area contributed by atoms with E-state index in [1.54, 1.807) is 0 Å². The molecule has 0 bridgehead atoms. The van der Waals surface area contributed by atoms with Crippen molar-refractivity contribution in [2.45, 2.75) is 31.5 Å². The average molecular weight is 292 g/mol. The lowest BCUT2D eigenvalue weighted by atomic mass is 10.1. The SMILES string of the molecule is CS(=O)(=O)CCCC(CCOCC(F)(F)F)NN. The van der Waals surface area contributed by atoms with E-state index < -0.39 is 22.6 Å². The van der Waals surface area contributed by atoms with Gasteiger partial charge in [0, 0.05) is 24.7 Å². The minimum atomic E-state index is -4.33. The van der Waals surface area contributed by atoms with E-state index in [2.05, 4.69) is 10.2 Å². The molecule has 9 heteroatoms. The highest BCUT2D eigenvalue weighted by molar-refractivity contribution is 7.90. The molecular weight excluding hydrogens is 273 g/mol. The van der Waals surface area contributed by atoms with Crippen molar-refractivity contribution in [3.63, 3.8) is 0 Å². The predicted molar refractivity (Wildman–Crippen MR) is 61.5 cm³/mol. The Morgan fingerprint density at radius 1 is 1.33 bits per heavy atom. The van der Waals surface area contributed by atoms with Crippen LogP contribution in [0.25, 0.3) is 0 Å². The van der Waals surface area contributed by atoms with Gasteiger partial charge in [-0.3, -0.25) is 11.3 Å². The largest absolute Gasteiger partial charge is 0.411 e. The predicted octanol–water partition coefficient (Wildman–Crippen LogP) is 0.612. The highest BCUT2D eigenvalue weighted by Gasteiger charge is 2.27. The molecular formula is C9H19F3N2O3S. The number of ether oxygens (including phenoxy) is 1. The third kappa shape index (κ3) is 12.1. The molecule has 0 aliphatic carbocycles. The highest BCUT2D eigenvalue weighted by Crippen LogP contribution is 2.14. The summed E-state index contributed by atoms with van der Waals surface area (Å²) in [6, 6.07) is -0.250. The third-order valence-corrected chi connectivity index (χ3v) is 3.21. The average Bonchev–Trinajstić information content (AvgIpc) is 2.18. The summed E-state index contributed by atoms with van der Waals surface area (Å²) in [6.45, 7) is -1.36. The zero-order chi connectivity index (χ0) is 14.2. The van der Waals surface area contributed by atoms with Crippen molar-refractivity contribution in [3.05, 3.63) is 0 Å². The number of sulfone groups is 1. The van der Waals surface area contributed by atoms with Gasteiger partial charge in [-0.05, 0) is 19.3 Å². The Morgan fingerprint density at radius 3 is 2.39 bits per heavy atom. The molecule has 0 saturated carbocycles. The van der Waals surface area contributed by atoms with Crippen LogP contribution in [-0.2, 0) is 14.6 Å². The number of nitrogens with two attached hydrogens (primary N) is 1. The van der Waals surface area contributed by atoms with Crippen molar-refractivity contribution in [1.82, 2.24) is 5.43 Å². The lowest BCUT2D eigenvalue weighted by Gasteiger charge is -2.16. The van der Waals surface area contributed by atoms with E-state index in [-0.39, 0.29) is 18.4 Å². The summed E-state index contributed by atoms with van der Waals surface area (Å²) in [7, 11) is -3.02. The van der Waals surface area contributed by atoms with Crippen molar-refractivity contribution in [2.75, 3.05) is 25.2 Å². The quantitative estimate of drug-likeness (QED) is 0.370. The van der Waals surface area contributed by atoms with Gasteiger partial charge >= 0.3 is 6.18 Å². The number of rotatable bonds is 9. The molecule has 0 amide bonds. The first-order valence-corrected chi connectivity index (χ1v) is 7.48. The van der Waals surface area contributed by atoms with E-state index >= 15 is 0 Å². The van der Waals surface area contributed by atoms with Crippen LogP contribution in [0.5, 0.6) is 0 Å². The van der Waals surface area contributed by atoms with Gasteiger partial charge in [0.05, 0.1) is 0 Å². The maximum atomic E-state index is 11.8. The first-order valence-electron chi connectivity index (χ1n) is 5.42. The number of hydrogen-bond acceptors (Lipinski definition) is 5. The van der Waals surface area contributed by atoms with Crippen molar-refractivity contribution in [2.24, 2.45) is 5.84 Å². The molecule has 1 unspecified atom stereocenters. The van der Waals surface area contributed by atoms with Crippen molar-refractivity contribution in [1.29, 1.82) is 0 Å². The van der Waals surface area contributed by atoms with E-state index in [4.69, 9.17) is 5.84 Å². The Bertz CT molecular complexity index is 320. The van der Waals surface area contributed by atoms with Crippen molar-refractivity contribution in [3.8, 4) is 0 Å². The highest BCUT2D eigenvalue weighted by atomic mass is 32.2. The number of alkyl halides is 3. The Kier molecular flexibility index (Phi) is 7.76. The Balaban J connectivity index is 3.71. The summed E-state index contributed by atoms with van der Waals surface area (Å²) in [6.07, 6.45) is -2.02. The summed E-state index contributed by atoms with van der Waals surface area (Å²) in [5, 5.41) is 0. The molecule has 0 aromatic rings. The Morgan fingerprint density at radius 2 is 1.94 bits per heavy atom. The molecule has 0 heterocycles. The maximum Gasteiger partial charge on any atom is 0.411 e. The van der Waals surface area contributed by atoms with Crippen LogP contribution >= 0.6 is 0 Å². The number of hydrogen-bond donors (Lipinski definition) is 2. The molecule has 0 aliphatic rings. The zero-order valence-corrected chi connectivity index (χ0v) is 11.0. The van der Waals surface area contributed by atoms with Gasteiger partial charge in [-0.1, -0.05) is 0 Å². The molecule has 0 saturated heterocycles. The Labute approximate surface area is 105 Å². The molecule has 5 nitrogen and oxygen atoms in total. The molecule has 0 aliphatic heterocycles. The lowest BCUT2D eigenvalue weighted by molar-refractivity contribution is -0.174. The van der Waals surface area contributed by atoms with Crippen LogP contribution in [0.3, 0.4) is 0 Å². The summed E-state index contributed by atoms with van der Waals surface area (Å²) in [5.41, 5.74) is 2.43. The molecule has 0 aromatic heterocycles. The minimum Gasteiger partial charge on any atom is -0.372 e. The first-order chi connectivity index (χ1) is 8.14. The van der Waals surface area contributed by atoms with Crippen LogP contribution in [0.1, 0.15) is 19.3 Å². The summed E-state index contributed by atoms with van der Waals surface area (Å²) in [4.78, 5) is 0. The fourth-order valence-electron chi connectivity index (χ4n) is 1.32. The summed E-state index contributed by atoms with van der Waals surface area (Å²) in [5.74, 6) is 5.25. The topological polar surface area (TPSA) is 81.4 Å². The van der Waals surface area contributed by atoms with Gasteiger partial charge in [0.15, 0.2) is 0 Å². The monoisotopic (exact) mass is 292 g/mol. The molecule has 18 heavy (non-hydrogen) atoms. The number of halogens is 3. The van der Waals surface area contributed by atoms with E-state index in [1.165, 1.54) is 0 Å². The molecule has 110 valence electrons. The first kappa shape index (κ1) is 17.6. The molecule has 0 fully saturated rings. The van der Waals surface area contributed by atoms with E-state index in [0.717, 1.165) is 6.26 Å². The van der Waals surface area contributed by atoms with Gasteiger partial charge in [-0.25, -0.2) is 8.42 Å². The lowest BCUT2D eigenvalue weighted by Crippen LogP contribution is -2.36. The van der Waals surface area contributed by atoms with E-state index in [1.807, 2.05) is 0 Å². The van der Waals surface area contributed by atoms with E-state index in [9.17, 15) is 21.6 Å². The van der Waals surface area contributed by atoms with Gasteiger partial charge in [0.25, 0.3) is 0 Å². The second-order valence-electron chi connectivity index (χ2n) is 4.09. The van der Waals surface area contributed by atoms with Crippen LogP contribution < -0.4 is 11.3 Å². The van der Waals surface area contributed by atoms with Crippen LogP contribution in [-0.4, -0.2) is 45.9 Å². The third-order valence-electron chi connectivity index (χ3n) is 2.18. The second kappa shape index (κ2) is 7.93. The van der Waals surface area contributed by atoms with Crippen molar-refractivity contribution >= 4 is 9.84 Å². The summed E-state index contributed by atoms with van der Waals surface area (Å²) >= 11 is 0. The van der Waals surface area contributed by atoms with Crippen LogP contribution in [0.2, 0.25) is 0 Å². The van der Waals surface area contributed by atoms with Gasteiger partial charge in [-0.2, -0.15) is 13.2 Å². The normalized spacial score (nSPS) is 14.7. The van der Waals surface area contributed by atoms with Gasteiger partial charge in [0.2, 0.25) is 0 Å². The summed E-state index contributed by atoms with van der Waals surface area (Å²) < 4.78 is 61.5. The molecule has 3 N–H and O–H groups in total. The molecule has 0 aromatic carbocycles. The molecule has 0 rings (SSSR count). The minimum absolute atomic E-state index is 0.0363. The van der Waals surface area contributed by atoms with Crippen LogP contribution in [0, 0.1) is 0 Å². The maximum absolute atomic E-state index is 11.8. The van der Waals surface area contributed by atoms with Gasteiger partial charge < -0.3 is 4.74 Å². The van der Waals surface area contributed by atoms with E-state index in [0.29, 0.717) is 19.3 Å². The number of hydrazine groups is 1. The molecule has 0 radical (unpaired) electrons. The fraction of sp³-hybridized carbons (Fsp3) is 1.00. The standard InChI is InChI=1S/C9H19F3N2O3S/c1-18(15,16)6-2-3-8(14-13)4-5-17-7-9(10,11)12/h8,14H,2-7,13H2,1H3. The molecule has 1 atom stereocenters. The molecule has 0 spiro atoms. The van der Waals surface area contributed by atoms with Gasteiger partial charge in [-0.15, -0.1) is 0 Å². The smallest absolute Gasteiger partial charge is 0.372 e. The number of nitrogens with one attached hydrogen (secondary N) is 1.